The molecule has 0 saturated carbocycles. The summed E-state index contributed by atoms with van der Waals surface area (Å²) in [6.07, 6.45) is 4.66. The molecule has 0 atom stereocenters. The summed E-state index contributed by atoms with van der Waals surface area (Å²) in [5.41, 5.74) is 1.48. The molecule has 2 aromatic rings. The van der Waals surface area contributed by atoms with Gasteiger partial charge in [-0.1, -0.05) is 17.7 Å². The normalized spacial score (nSPS) is 10.6. The molecule has 2 rings (SSSR count). The van der Waals surface area contributed by atoms with Crippen LogP contribution in [0.1, 0.15) is 0 Å². The van der Waals surface area contributed by atoms with Crippen molar-refractivity contribution < 1.29 is 13.5 Å². The van der Waals surface area contributed by atoms with E-state index in [-0.39, 0.29) is 10.9 Å². The van der Waals surface area contributed by atoms with E-state index in [2.05, 4.69) is 14.7 Å². The minimum Gasteiger partial charge on any atom is -0.415 e. The first-order chi connectivity index (χ1) is 8.16. The highest BCUT2D eigenvalue weighted by Crippen LogP contribution is 2.28. The number of pyridine rings is 2. The Bertz CT molecular complexity index is 508. The van der Waals surface area contributed by atoms with Crippen LogP contribution in [0.4, 0.5) is 8.78 Å². The summed E-state index contributed by atoms with van der Waals surface area (Å²) in [6.45, 7) is -2.94. The lowest BCUT2D eigenvalue weighted by atomic mass is 10.1. The number of aromatic nitrogens is 2. The van der Waals surface area contributed by atoms with Gasteiger partial charge in [-0.2, -0.15) is 8.78 Å². The van der Waals surface area contributed by atoms with Crippen molar-refractivity contribution in [2.24, 2.45) is 0 Å². The van der Waals surface area contributed by atoms with Gasteiger partial charge in [-0.05, 0) is 12.1 Å². The van der Waals surface area contributed by atoms with Crippen LogP contribution in [0.2, 0.25) is 5.02 Å². The van der Waals surface area contributed by atoms with Gasteiger partial charge in [-0.3, -0.25) is 4.98 Å². The Balaban J connectivity index is 2.31. The van der Waals surface area contributed by atoms with Crippen molar-refractivity contribution in [1.29, 1.82) is 0 Å². The molecule has 3 nitrogen and oxygen atoms in total. The first kappa shape index (κ1) is 11.7. The van der Waals surface area contributed by atoms with Gasteiger partial charge < -0.3 is 4.74 Å². The fourth-order valence-corrected chi connectivity index (χ4v) is 1.50. The second-order valence-corrected chi connectivity index (χ2v) is 3.54. The van der Waals surface area contributed by atoms with E-state index in [1.54, 1.807) is 18.5 Å². The summed E-state index contributed by atoms with van der Waals surface area (Å²) >= 11 is 5.78. The maximum absolute atomic E-state index is 12.0. The molecule has 2 heterocycles. The Morgan fingerprint density at radius 1 is 1.24 bits per heavy atom. The van der Waals surface area contributed by atoms with Gasteiger partial charge in [0.1, 0.15) is 5.02 Å². The van der Waals surface area contributed by atoms with Gasteiger partial charge in [0.15, 0.2) is 0 Å². The smallest absolute Gasteiger partial charge is 0.388 e. The molecule has 17 heavy (non-hydrogen) atoms. The molecule has 0 aromatic carbocycles. The molecule has 0 aliphatic carbocycles. The van der Waals surface area contributed by atoms with E-state index in [9.17, 15) is 8.78 Å². The summed E-state index contributed by atoms with van der Waals surface area (Å²) in [6, 6.07) is 5.07. The average molecular weight is 257 g/mol. The van der Waals surface area contributed by atoms with E-state index < -0.39 is 6.61 Å². The largest absolute Gasteiger partial charge is 0.415 e. The SMILES string of the molecule is FC(F)Oc1ncc(-c2cccnc2)cc1Cl. The molecule has 0 unspecified atom stereocenters. The second kappa shape index (κ2) is 5.05. The van der Waals surface area contributed by atoms with Crippen molar-refractivity contribution in [3.05, 3.63) is 41.8 Å². The minimum absolute atomic E-state index is 0.0339. The van der Waals surface area contributed by atoms with Crippen LogP contribution in [0, 0.1) is 0 Å². The Morgan fingerprint density at radius 3 is 2.65 bits per heavy atom. The zero-order valence-corrected chi connectivity index (χ0v) is 9.23. The Kier molecular flexibility index (Phi) is 3.49. The molecule has 0 spiro atoms. The van der Waals surface area contributed by atoms with Crippen LogP contribution in [0.5, 0.6) is 5.88 Å². The molecule has 0 aliphatic rings. The van der Waals surface area contributed by atoms with Gasteiger partial charge in [0, 0.05) is 29.7 Å². The number of nitrogens with zero attached hydrogens (tertiary/aromatic N) is 2. The van der Waals surface area contributed by atoms with E-state index >= 15 is 0 Å². The molecule has 0 amide bonds. The van der Waals surface area contributed by atoms with Crippen molar-refractivity contribution in [3.8, 4) is 17.0 Å². The van der Waals surface area contributed by atoms with Crippen LogP contribution in [0.15, 0.2) is 36.8 Å². The summed E-state index contributed by atoms with van der Waals surface area (Å²) < 4.78 is 28.1. The van der Waals surface area contributed by atoms with E-state index in [1.807, 2.05) is 6.07 Å². The fourth-order valence-electron chi connectivity index (χ4n) is 1.29. The van der Waals surface area contributed by atoms with E-state index in [1.165, 1.54) is 12.3 Å². The van der Waals surface area contributed by atoms with Gasteiger partial charge >= 0.3 is 6.61 Å². The van der Waals surface area contributed by atoms with Crippen LogP contribution in [0.3, 0.4) is 0 Å². The van der Waals surface area contributed by atoms with Gasteiger partial charge in [0.2, 0.25) is 5.88 Å². The predicted octanol–water partition coefficient (Wildman–Crippen LogP) is 3.40. The first-order valence-corrected chi connectivity index (χ1v) is 5.05. The lowest BCUT2D eigenvalue weighted by Crippen LogP contribution is -2.04. The number of rotatable bonds is 3. The first-order valence-electron chi connectivity index (χ1n) is 4.67. The number of hydrogen-bond acceptors (Lipinski definition) is 3. The molecule has 0 saturated heterocycles. The van der Waals surface area contributed by atoms with Crippen molar-refractivity contribution >= 4 is 11.6 Å². The van der Waals surface area contributed by atoms with Crippen molar-refractivity contribution in [3.63, 3.8) is 0 Å². The molecule has 0 radical (unpaired) electrons. The maximum Gasteiger partial charge on any atom is 0.388 e. The highest BCUT2D eigenvalue weighted by Gasteiger charge is 2.11. The summed E-state index contributed by atoms with van der Waals surface area (Å²) in [4.78, 5) is 7.67. The Hall–Kier alpha value is -1.75. The highest BCUT2D eigenvalue weighted by molar-refractivity contribution is 6.32. The molecule has 0 N–H and O–H groups in total. The van der Waals surface area contributed by atoms with Crippen LogP contribution in [0.25, 0.3) is 11.1 Å². The molecule has 0 bridgehead atoms. The van der Waals surface area contributed by atoms with Gasteiger partial charge in [-0.25, -0.2) is 4.98 Å². The quantitative estimate of drug-likeness (QED) is 0.844. The lowest BCUT2D eigenvalue weighted by molar-refractivity contribution is -0.0527. The van der Waals surface area contributed by atoms with Gasteiger partial charge in [-0.15, -0.1) is 0 Å². The number of alkyl halides is 2. The number of ether oxygens (including phenoxy) is 1. The van der Waals surface area contributed by atoms with E-state index in [4.69, 9.17) is 11.6 Å². The van der Waals surface area contributed by atoms with Crippen LogP contribution in [-0.4, -0.2) is 16.6 Å². The van der Waals surface area contributed by atoms with Crippen LogP contribution in [-0.2, 0) is 0 Å². The third kappa shape index (κ3) is 2.88. The zero-order valence-electron chi connectivity index (χ0n) is 8.48. The molecule has 0 aliphatic heterocycles. The Morgan fingerprint density at radius 2 is 2.06 bits per heavy atom. The number of halogens is 3. The molecular formula is C11H7ClF2N2O. The Labute approximate surface area is 101 Å². The number of hydrogen-bond donors (Lipinski definition) is 0. The van der Waals surface area contributed by atoms with Gasteiger partial charge in [0.05, 0.1) is 0 Å². The monoisotopic (exact) mass is 256 g/mol. The fraction of sp³-hybridized carbons (Fsp3) is 0.0909. The average Bonchev–Trinajstić information content (AvgIpc) is 2.32. The van der Waals surface area contributed by atoms with Gasteiger partial charge in [0.25, 0.3) is 0 Å². The van der Waals surface area contributed by atoms with Crippen LogP contribution < -0.4 is 4.74 Å². The summed E-state index contributed by atoms with van der Waals surface area (Å²) in [5.74, 6) is -0.283. The summed E-state index contributed by atoms with van der Waals surface area (Å²) in [7, 11) is 0. The second-order valence-electron chi connectivity index (χ2n) is 3.13. The molecule has 88 valence electrons. The molecule has 2 aromatic heterocycles. The predicted molar refractivity (Wildman–Crippen MR) is 59.1 cm³/mol. The molecular weight excluding hydrogens is 250 g/mol. The van der Waals surface area contributed by atoms with E-state index in [0.29, 0.717) is 5.56 Å². The van der Waals surface area contributed by atoms with E-state index in [0.717, 1.165) is 5.56 Å². The van der Waals surface area contributed by atoms with Crippen molar-refractivity contribution in [2.75, 3.05) is 0 Å². The zero-order chi connectivity index (χ0) is 12.3. The lowest BCUT2D eigenvalue weighted by Gasteiger charge is -2.07. The topological polar surface area (TPSA) is 35.0 Å². The summed E-state index contributed by atoms with van der Waals surface area (Å²) in [5, 5.41) is 0.0339. The molecule has 6 heteroatoms. The van der Waals surface area contributed by atoms with Crippen LogP contribution >= 0.6 is 11.6 Å². The standard InChI is InChI=1S/C11H7ClF2N2O/c12-9-4-8(7-2-1-3-15-5-7)6-16-10(9)17-11(13)14/h1-6,11H. The molecule has 0 fully saturated rings. The maximum atomic E-state index is 12.0. The van der Waals surface area contributed by atoms with Crippen molar-refractivity contribution in [1.82, 2.24) is 9.97 Å². The van der Waals surface area contributed by atoms with Crippen molar-refractivity contribution in [2.45, 2.75) is 6.61 Å². The minimum atomic E-state index is -2.94. The third-order valence-corrected chi connectivity index (χ3v) is 2.27. The highest BCUT2D eigenvalue weighted by atomic mass is 35.5. The third-order valence-electron chi connectivity index (χ3n) is 2.00.